The zero-order valence-electron chi connectivity index (χ0n) is 16.5. The molecule has 1 atom stereocenters. The number of aryl methyl sites for hydroxylation is 1. The van der Waals surface area contributed by atoms with Gasteiger partial charge in [0.2, 0.25) is 0 Å². The first-order chi connectivity index (χ1) is 13.2. The van der Waals surface area contributed by atoms with Crippen molar-refractivity contribution in [1.82, 2.24) is 14.9 Å². The summed E-state index contributed by atoms with van der Waals surface area (Å²) in [4.78, 5) is 26.9. The molecular weight excluding hydrogens is 334 g/mol. The predicted molar refractivity (Wildman–Crippen MR) is 99.2 cm³/mol. The van der Waals surface area contributed by atoms with E-state index in [2.05, 4.69) is 10.3 Å². The van der Waals surface area contributed by atoms with Gasteiger partial charge in [0.05, 0.1) is 21.5 Å². The van der Waals surface area contributed by atoms with Crippen molar-refractivity contribution in [3.8, 4) is 11.1 Å². The lowest BCUT2D eigenvalue weighted by Crippen LogP contribution is -2.32. The van der Waals surface area contributed by atoms with Gasteiger partial charge in [-0.25, -0.2) is 4.79 Å². The second-order valence-corrected chi connectivity index (χ2v) is 7.38. The Morgan fingerprint density at radius 2 is 2.24 bits per heavy atom. The largest absolute Gasteiger partial charge is 0.370 e. The molecule has 5 nitrogen and oxygen atoms in total. The van der Waals surface area contributed by atoms with Crippen LogP contribution in [0, 0.1) is 0 Å². The van der Waals surface area contributed by atoms with E-state index in [1.165, 1.54) is 0 Å². The lowest BCUT2D eigenvalue weighted by molar-refractivity contribution is 0.443. The maximum atomic E-state index is 12.1. The lowest BCUT2D eigenvalue weighted by atomic mass is 9.90. The highest BCUT2D eigenvalue weighted by atomic mass is 32.1. The first-order valence-electron chi connectivity index (χ1n) is 9.35. The molecule has 3 aromatic rings. The van der Waals surface area contributed by atoms with Crippen molar-refractivity contribution in [3.05, 3.63) is 57.6 Å². The third-order valence-corrected chi connectivity index (χ3v) is 5.62. The van der Waals surface area contributed by atoms with Gasteiger partial charge in [0.1, 0.15) is 5.94 Å². The molecule has 2 aromatic heterocycles. The maximum Gasteiger partial charge on any atom is 0.307 e. The van der Waals surface area contributed by atoms with Crippen molar-refractivity contribution < 1.29 is 8.91 Å². The molecule has 0 spiro atoms. The van der Waals surface area contributed by atoms with Gasteiger partial charge >= 0.3 is 4.87 Å². The summed E-state index contributed by atoms with van der Waals surface area (Å²) >= 11 is 0.915. The smallest absolute Gasteiger partial charge is 0.307 e. The van der Waals surface area contributed by atoms with Crippen molar-refractivity contribution >= 4 is 27.5 Å². The highest BCUT2D eigenvalue weighted by molar-refractivity contribution is 7.16. The normalized spacial score (nSPS) is 22.1. The van der Waals surface area contributed by atoms with Crippen LogP contribution in [0.25, 0.3) is 21.3 Å². The fourth-order valence-electron chi connectivity index (χ4n) is 3.22. The minimum absolute atomic E-state index is 0.394. The molecule has 0 amide bonds. The number of hydrogen-bond donors (Lipinski definition) is 1. The maximum absolute atomic E-state index is 12.1. The van der Waals surface area contributed by atoms with E-state index in [9.17, 15) is 9.59 Å². The van der Waals surface area contributed by atoms with Crippen molar-refractivity contribution in [2.24, 2.45) is 6.98 Å². The summed E-state index contributed by atoms with van der Waals surface area (Å²) < 4.78 is 24.2. The Morgan fingerprint density at radius 1 is 1.36 bits per heavy atom. The molecule has 0 unspecified atom stereocenters. The SMILES string of the molecule is [2H]C([2H])([2H])n1c(=O)sc2cc(-c3cncc([C@@]4(C)CCC(=C=O)N4)c3)ccc21. The topological polar surface area (TPSA) is 64.0 Å². The van der Waals surface area contributed by atoms with E-state index in [-0.39, 0.29) is 0 Å². The number of allylic oxidation sites excluding steroid dienone is 1. The number of nitrogens with zero attached hydrogens (tertiary/aromatic N) is 2. The van der Waals surface area contributed by atoms with Crippen LogP contribution in [0.4, 0.5) is 0 Å². The van der Waals surface area contributed by atoms with Gasteiger partial charge in [-0.05, 0) is 42.7 Å². The third-order valence-electron chi connectivity index (χ3n) is 4.71. The highest BCUT2D eigenvalue weighted by Gasteiger charge is 2.33. The minimum Gasteiger partial charge on any atom is -0.370 e. The Kier molecular flexibility index (Phi) is 2.88. The van der Waals surface area contributed by atoms with Gasteiger partial charge in [-0.1, -0.05) is 17.4 Å². The number of benzene rings is 1. The summed E-state index contributed by atoms with van der Waals surface area (Å²) in [6.07, 6.45) is 4.91. The average Bonchev–Trinajstić information content (AvgIpc) is 3.20. The van der Waals surface area contributed by atoms with Gasteiger partial charge in [-0.15, -0.1) is 0 Å². The number of rotatable bonds is 2. The molecule has 126 valence electrons. The zero-order chi connectivity index (χ0) is 20.1. The molecular formula is C19H17N3O2S. The number of nitrogens with one attached hydrogen (secondary N) is 1. The van der Waals surface area contributed by atoms with Gasteiger partial charge in [0.25, 0.3) is 0 Å². The van der Waals surface area contributed by atoms with Gasteiger partial charge < -0.3 is 9.88 Å². The van der Waals surface area contributed by atoms with E-state index in [1.54, 1.807) is 24.5 Å². The standard InChI is InChI=1S/C19H17N3O2S/c1-19(6-5-15(11-23)21-19)14-7-13(9-20-10-14)12-3-4-16-17(8-12)25-18(24)22(16)2/h3-4,7-10,21H,5-6H2,1-2H3/t19-/m1/s1/i2D3. The minimum atomic E-state index is -2.51. The monoisotopic (exact) mass is 354 g/mol. The van der Waals surface area contributed by atoms with Crippen LogP contribution in [0.3, 0.4) is 0 Å². The highest BCUT2D eigenvalue weighted by Crippen LogP contribution is 2.35. The van der Waals surface area contributed by atoms with Gasteiger partial charge in [-0.2, -0.15) is 0 Å². The molecule has 3 heterocycles. The van der Waals surface area contributed by atoms with Crippen molar-refractivity contribution in [3.63, 3.8) is 0 Å². The number of thiazole rings is 1. The number of hydrogen-bond acceptors (Lipinski definition) is 5. The number of aromatic nitrogens is 2. The van der Waals surface area contributed by atoms with Crippen LogP contribution in [-0.4, -0.2) is 15.5 Å². The Balaban J connectivity index is 1.77. The number of carbonyl (C=O) groups excluding carboxylic acids is 1. The summed E-state index contributed by atoms with van der Waals surface area (Å²) in [5.74, 6) is 1.93. The van der Waals surface area contributed by atoms with E-state index >= 15 is 0 Å². The van der Waals surface area contributed by atoms with Crippen LogP contribution >= 0.6 is 11.3 Å². The van der Waals surface area contributed by atoms with Crippen LogP contribution in [0.1, 0.15) is 29.4 Å². The third kappa shape index (κ3) is 2.60. The van der Waals surface area contributed by atoms with Crippen LogP contribution in [-0.2, 0) is 17.3 Å². The van der Waals surface area contributed by atoms with Gasteiger partial charge in [-0.3, -0.25) is 9.78 Å². The van der Waals surface area contributed by atoms with Gasteiger partial charge in [0.15, 0.2) is 0 Å². The van der Waals surface area contributed by atoms with Crippen LogP contribution in [0.2, 0.25) is 0 Å². The molecule has 1 saturated heterocycles. The lowest BCUT2D eigenvalue weighted by Gasteiger charge is -2.25. The van der Waals surface area contributed by atoms with E-state index in [0.717, 1.165) is 39.0 Å². The van der Waals surface area contributed by atoms with Gasteiger partial charge in [0, 0.05) is 35.5 Å². The summed E-state index contributed by atoms with van der Waals surface area (Å²) in [5.41, 5.74) is 3.21. The Bertz CT molecular complexity index is 1190. The predicted octanol–water partition coefficient (Wildman–Crippen LogP) is 2.98. The molecule has 1 fully saturated rings. The molecule has 6 heteroatoms. The van der Waals surface area contributed by atoms with E-state index in [1.807, 2.05) is 25.0 Å². The summed E-state index contributed by atoms with van der Waals surface area (Å²) in [6, 6.07) is 7.26. The molecule has 0 aliphatic carbocycles. The second-order valence-electron chi connectivity index (χ2n) is 6.39. The fraction of sp³-hybridized carbons (Fsp3) is 0.263. The van der Waals surface area contributed by atoms with Crippen LogP contribution in [0.5, 0.6) is 0 Å². The molecule has 0 radical (unpaired) electrons. The molecule has 1 aliphatic rings. The summed E-state index contributed by atoms with van der Waals surface area (Å²) in [7, 11) is 0. The Hall–Kier alpha value is -2.69. The fourth-order valence-corrected chi connectivity index (χ4v) is 4.05. The average molecular weight is 354 g/mol. The van der Waals surface area contributed by atoms with Crippen molar-refractivity contribution in [1.29, 1.82) is 0 Å². The molecule has 1 N–H and O–H groups in total. The second kappa shape index (κ2) is 5.69. The first-order valence-corrected chi connectivity index (χ1v) is 8.67. The molecule has 0 saturated carbocycles. The Labute approximate surface area is 152 Å². The molecule has 0 bridgehead atoms. The zero-order valence-corrected chi connectivity index (χ0v) is 14.3. The van der Waals surface area contributed by atoms with E-state index in [0.29, 0.717) is 22.3 Å². The first kappa shape index (κ1) is 12.6. The molecule has 25 heavy (non-hydrogen) atoms. The Morgan fingerprint density at radius 3 is 3.00 bits per heavy atom. The number of pyridine rings is 1. The van der Waals surface area contributed by atoms with Crippen LogP contribution < -0.4 is 10.2 Å². The summed E-state index contributed by atoms with van der Waals surface area (Å²) in [5, 5.41) is 3.22. The van der Waals surface area contributed by atoms with Crippen molar-refractivity contribution in [2.75, 3.05) is 0 Å². The van der Waals surface area contributed by atoms with E-state index in [4.69, 9.17) is 4.11 Å². The number of fused-ring (bicyclic) bond motifs is 1. The molecule has 4 rings (SSSR count). The molecule has 1 aromatic carbocycles. The quantitative estimate of drug-likeness (QED) is 0.719. The van der Waals surface area contributed by atoms with E-state index < -0.39 is 17.4 Å². The van der Waals surface area contributed by atoms with Crippen molar-refractivity contribution in [2.45, 2.75) is 25.3 Å². The molecule has 1 aliphatic heterocycles. The van der Waals surface area contributed by atoms with Crippen LogP contribution in [0.15, 0.2) is 47.2 Å². The summed E-state index contributed by atoms with van der Waals surface area (Å²) in [6.45, 7) is -0.492.